The number of nitrogens with one attached hydrogen (secondary N) is 1. The first-order chi connectivity index (χ1) is 9.54. The van der Waals surface area contributed by atoms with E-state index in [1.54, 1.807) is 12.1 Å². The van der Waals surface area contributed by atoms with Crippen LogP contribution >= 0.6 is 11.6 Å². The maximum absolute atomic E-state index is 14.2. The van der Waals surface area contributed by atoms with Gasteiger partial charge in [-0.1, -0.05) is 0 Å². The Bertz CT molecular complexity index is 681. The molecule has 0 saturated heterocycles. The lowest BCUT2D eigenvalue weighted by Crippen LogP contribution is -2.19. The number of fused-ring (bicyclic) bond motifs is 1. The minimum atomic E-state index is -0.602. The number of aryl methyl sites for hydroxylation is 2. The third kappa shape index (κ3) is 2.31. The van der Waals surface area contributed by atoms with Crippen LogP contribution in [0.5, 0.6) is 0 Å². The molecule has 0 spiro atoms. The van der Waals surface area contributed by atoms with Crippen LogP contribution in [0.1, 0.15) is 34.2 Å². The van der Waals surface area contributed by atoms with E-state index < -0.39 is 11.2 Å². The maximum atomic E-state index is 14.2. The molecule has 1 amide bonds. The van der Waals surface area contributed by atoms with E-state index in [0.717, 1.165) is 16.9 Å². The molecule has 1 aliphatic heterocycles. The van der Waals surface area contributed by atoms with Gasteiger partial charge in [-0.2, -0.15) is 0 Å². The molecule has 20 heavy (non-hydrogen) atoms. The van der Waals surface area contributed by atoms with Gasteiger partial charge in [0.2, 0.25) is 5.91 Å². The fourth-order valence-corrected chi connectivity index (χ4v) is 2.67. The second kappa shape index (κ2) is 4.94. The van der Waals surface area contributed by atoms with E-state index in [0.29, 0.717) is 24.1 Å². The lowest BCUT2D eigenvalue weighted by Gasteiger charge is -2.19. The highest BCUT2D eigenvalue weighted by Crippen LogP contribution is 2.35. The van der Waals surface area contributed by atoms with Crippen LogP contribution < -0.4 is 5.32 Å². The highest BCUT2D eigenvalue weighted by Gasteiger charge is 2.22. The largest absolute Gasteiger partial charge is 0.469 e. The monoisotopic (exact) mass is 293 g/mol. The summed E-state index contributed by atoms with van der Waals surface area (Å²) < 4.78 is 19.4. The van der Waals surface area contributed by atoms with Gasteiger partial charge in [0.1, 0.15) is 11.6 Å². The average Bonchev–Trinajstić information content (AvgIpc) is 2.84. The summed E-state index contributed by atoms with van der Waals surface area (Å²) in [5.41, 5.74) is 2.58. The highest BCUT2D eigenvalue weighted by atomic mass is 35.5. The number of furan rings is 1. The van der Waals surface area contributed by atoms with Crippen LogP contribution in [0.3, 0.4) is 0 Å². The normalized spacial score (nSPS) is 15.7. The lowest BCUT2D eigenvalue weighted by atomic mass is 9.97. The van der Waals surface area contributed by atoms with Gasteiger partial charge in [0, 0.05) is 23.2 Å². The molecule has 3 rings (SSSR count). The molecular formula is C15H13ClFNO2. The van der Waals surface area contributed by atoms with E-state index in [1.807, 2.05) is 6.92 Å². The van der Waals surface area contributed by atoms with Crippen molar-refractivity contribution < 1.29 is 13.6 Å². The van der Waals surface area contributed by atoms with Crippen molar-refractivity contribution in [3.63, 3.8) is 0 Å². The molecular weight excluding hydrogens is 281 g/mol. The minimum absolute atomic E-state index is 0.0856. The third-order valence-electron chi connectivity index (χ3n) is 3.43. The van der Waals surface area contributed by atoms with Crippen molar-refractivity contribution in [3.8, 4) is 0 Å². The summed E-state index contributed by atoms with van der Waals surface area (Å²) in [6.07, 6.45) is 2.55. The quantitative estimate of drug-likeness (QED) is 0.852. The Morgan fingerprint density at radius 3 is 2.85 bits per heavy atom. The topological polar surface area (TPSA) is 42.2 Å². The fourth-order valence-electron chi connectivity index (χ4n) is 2.39. The van der Waals surface area contributed by atoms with Gasteiger partial charge in [-0.15, -0.1) is 11.6 Å². The number of rotatable bonds is 2. The van der Waals surface area contributed by atoms with Crippen LogP contribution in [0.4, 0.5) is 10.1 Å². The van der Waals surface area contributed by atoms with Gasteiger partial charge < -0.3 is 9.73 Å². The smallest absolute Gasteiger partial charge is 0.224 e. The van der Waals surface area contributed by atoms with E-state index >= 15 is 0 Å². The summed E-state index contributed by atoms with van der Waals surface area (Å²) in [4.78, 5) is 11.3. The summed E-state index contributed by atoms with van der Waals surface area (Å²) in [6.45, 7) is 1.81. The fraction of sp³-hybridized carbons (Fsp3) is 0.267. The number of amides is 1. The van der Waals surface area contributed by atoms with E-state index in [9.17, 15) is 9.18 Å². The number of alkyl halides is 1. The molecule has 1 unspecified atom stereocenters. The van der Waals surface area contributed by atoms with Gasteiger partial charge in [0.25, 0.3) is 0 Å². The molecule has 2 heterocycles. The van der Waals surface area contributed by atoms with Crippen molar-refractivity contribution in [2.45, 2.75) is 25.1 Å². The van der Waals surface area contributed by atoms with Crippen molar-refractivity contribution in [3.05, 3.63) is 52.7 Å². The van der Waals surface area contributed by atoms with Crippen LogP contribution in [0.15, 0.2) is 28.9 Å². The molecule has 3 nitrogen and oxygen atoms in total. The summed E-state index contributed by atoms with van der Waals surface area (Å²) in [5, 5.41) is 2.07. The van der Waals surface area contributed by atoms with Crippen LogP contribution in [-0.4, -0.2) is 5.91 Å². The van der Waals surface area contributed by atoms with Gasteiger partial charge in [-0.3, -0.25) is 4.79 Å². The van der Waals surface area contributed by atoms with Crippen molar-refractivity contribution in [2.24, 2.45) is 0 Å². The van der Waals surface area contributed by atoms with Gasteiger partial charge in [-0.05, 0) is 37.1 Å². The predicted octanol–water partition coefficient (Wildman–Crippen LogP) is 3.94. The molecule has 0 fully saturated rings. The number of hydrogen-bond acceptors (Lipinski definition) is 2. The number of halogens is 2. The average molecular weight is 294 g/mol. The Labute approximate surface area is 120 Å². The first kappa shape index (κ1) is 13.2. The highest BCUT2D eigenvalue weighted by molar-refractivity contribution is 6.22. The Morgan fingerprint density at radius 1 is 1.35 bits per heavy atom. The predicted molar refractivity (Wildman–Crippen MR) is 74.5 cm³/mol. The second-order valence-electron chi connectivity index (χ2n) is 4.93. The number of anilines is 1. The molecule has 0 aliphatic carbocycles. The van der Waals surface area contributed by atoms with Gasteiger partial charge in [0.15, 0.2) is 0 Å². The molecule has 1 N–H and O–H groups in total. The van der Waals surface area contributed by atoms with Crippen molar-refractivity contribution >= 4 is 23.2 Å². The number of benzene rings is 1. The van der Waals surface area contributed by atoms with Gasteiger partial charge in [-0.25, -0.2) is 4.39 Å². The van der Waals surface area contributed by atoms with Gasteiger partial charge >= 0.3 is 0 Å². The number of carbonyl (C=O) groups excluding carboxylic acids is 1. The van der Waals surface area contributed by atoms with Gasteiger partial charge in [0.05, 0.1) is 11.6 Å². The zero-order chi connectivity index (χ0) is 14.3. The first-order valence-corrected chi connectivity index (χ1v) is 6.79. The van der Waals surface area contributed by atoms with Crippen LogP contribution in [0.25, 0.3) is 0 Å². The molecule has 1 aliphatic rings. The zero-order valence-corrected chi connectivity index (χ0v) is 11.6. The Balaban J connectivity index is 2.00. The summed E-state index contributed by atoms with van der Waals surface area (Å²) in [6, 6.07) is 4.85. The second-order valence-corrected chi connectivity index (χ2v) is 5.37. The van der Waals surface area contributed by atoms with E-state index in [1.165, 1.54) is 12.3 Å². The SMILES string of the molecule is Cc1cc(C(Cl)c2cc3c(cc2F)NC(=O)CC3)co1. The molecule has 0 saturated carbocycles. The third-order valence-corrected chi connectivity index (χ3v) is 3.92. The summed E-state index contributed by atoms with van der Waals surface area (Å²) in [5.74, 6) is 0.221. The lowest BCUT2D eigenvalue weighted by molar-refractivity contribution is -0.116. The van der Waals surface area contributed by atoms with E-state index in [2.05, 4.69) is 5.32 Å². The molecule has 2 aromatic rings. The number of carbonyl (C=O) groups is 1. The first-order valence-electron chi connectivity index (χ1n) is 6.36. The van der Waals surface area contributed by atoms with E-state index in [-0.39, 0.29) is 5.91 Å². The van der Waals surface area contributed by atoms with Crippen LogP contribution in [-0.2, 0) is 11.2 Å². The zero-order valence-electron chi connectivity index (χ0n) is 10.9. The van der Waals surface area contributed by atoms with Crippen LogP contribution in [0.2, 0.25) is 0 Å². The summed E-state index contributed by atoms with van der Waals surface area (Å²) >= 11 is 6.33. The summed E-state index contributed by atoms with van der Waals surface area (Å²) in [7, 11) is 0. The van der Waals surface area contributed by atoms with E-state index in [4.69, 9.17) is 16.0 Å². The maximum Gasteiger partial charge on any atom is 0.224 e. The van der Waals surface area contributed by atoms with Crippen molar-refractivity contribution in [1.29, 1.82) is 0 Å². The molecule has 0 radical (unpaired) electrons. The number of hydrogen-bond donors (Lipinski definition) is 1. The van der Waals surface area contributed by atoms with Crippen molar-refractivity contribution in [1.82, 2.24) is 0 Å². The molecule has 5 heteroatoms. The van der Waals surface area contributed by atoms with Crippen molar-refractivity contribution in [2.75, 3.05) is 5.32 Å². The standard InChI is InChI=1S/C15H13ClFNO2/c1-8-4-10(7-20-8)15(16)11-5-9-2-3-14(19)18-13(9)6-12(11)17/h4-7,15H,2-3H2,1H3,(H,18,19). The van der Waals surface area contributed by atoms with Crippen LogP contribution in [0, 0.1) is 12.7 Å². The Hall–Kier alpha value is -1.81. The molecule has 1 aromatic heterocycles. The molecule has 0 bridgehead atoms. The molecule has 1 aromatic carbocycles. The molecule has 1 atom stereocenters. The molecule has 104 valence electrons. The minimum Gasteiger partial charge on any atom is -0.469 e. The Kier molecular flexibility index (Phi) is 3.26. The Morgan fingerprint density at radius 2 is 2.15 bits per heavy atom.